The van der Waals surface area contributed by atoms with Gasteiger partial charge in [-0.3, -0.25) is 0 Å². The van der Waals surface area contributed by atoms with Crippen molar-refractivity contribution in [1.82, 2.24) is 4.90 Å². The second-order valence-electron chi connectivity index (χ2n) is 5.74. The second-order valence-corrected chi connectivity index (χ2v) is 5.74. The summed E-state index contributed by atoms with van der Waals surface area (Å²) in [4.78, 5) is 2.15. The number of aliphatic hydroxyl groups is 1. The second kappa shape index (κ2) is 6.54. The van der Waals surface area contributed by atoms with E-state index in [0.717, 1.165) is 12.1 Å². The lowest BCUT2D eigenvalue weighted by atomic mass is 9.79. The summed E-state index contributed by atoms with van der Waals surface area (Å²) in [7, 11) is 6.90. The number of likely N-dealkylation sites (tertiary alicyclic amines) is 1. The molecule has 1 aliphatic heterocycles. The Kier molecular flexibility index (Phi) is 4.96. The molecular weight excluding hydrogens is 270 g/mol. The number of hydrogen-bond donors (Lipinski definition) is 1. The molecule has 1 N–H and O–H groups in total. The molecule has 118 valence electrons. The molecule has 1 aliphatic rings. The molecule has 1 saturated heterocycles. The fraction of sp³-hybridized carbons (Fsp3) is 0.625. The topological polar surface area (TPSA) is 51.2 Å². The molecule has 0 unspecified atom stereocenters. The van der Waals surface area contributed by atoms with E-state index in [4.69, 9.17) is 14.2 Å². The van der Waals surface area contributed by atoms with Crippen LogP contribution in [0.25, 0.3) is 0 Å². The van der Waals surface area contributed by atoms with E-state index in [1.54, 1.807) is 21.3 Å². The van der Waals surface area contributed by atoms with Crippen LogP contribution in [0.5, 0.6) is 17.2 Å². The molecule has 0 radical (unpaired) electrons. The highest BCUT2D eigenvalue weighted by molar-refractivity contribution is 5.53. The summed E-state index contributed by atoms with van der Waals surface area (Å²) in [6.45, 7) is 3.72. The zero-order valence-corrected chi connectivity index (χ0v) is 13.4. The average molecular weight is 295 g/mol. The predicted octanol–water partition coefficient (Wildman–Crippen LogP) is 1.74. The Morgan fingerprint density at radius 1 is 1.05 bits per heavy atom. The fourth-order valence-electron chi connectivity index (χ4n) is 3.33. The van der Waals surface area contributed by atoms with Gasteiger partial charge in [-0.15, -0.1) is 0 Å². The normalized spacial score (nSPS) is 26.5. The molecule has 0 aromatic heterocycles. The molecule has 0 aliphatic carbocycles. The Labute approximate surface area is 126 Å². The maximum absolute atomic E-state index is 10.5. The van der Waals surface area contributed by atoms with E-state index in [-0.39, 0.29) is 5.92 Å². The Balaban J connectivity index is 2.50. The van der Waals surface area contributed by atoms with Crippen molar-refractivity contribution in [2.24, 2.45) is 5.92 Å². The van der Waals surface area contributed by atoms with Gasteiger partial charge in [-0.25, -0.2) is 0 Å². The van der Waals surface area contributed by atoms with E-state index in [0.29, 0.717) is 29.7 Å². The van der Waals surface area contributed by atoms with Crippen LogP contribution >= 0.6 is 0 Å². The molecule has 21 heavy (non-hydrogen) atoms. The van der Waals surface area contributed by atoms with Gasteiger partial charge in [-0.1, -0.05) is 6.92 Å². The maximum atomic E-state index is 10.5. The number of β-amino-alcohol motifs (C(OH)–C–C–N with tert-alkyl or cyclic N) is 1. The number of nitrogens with zero attached hydrogens (tertiary/aromatic N) is 1. The molecule has 0 spiro atoms. The summed E-state index contributed by atoms with van der Waals surface area (Å²) in [5, 5.41) is 10.5. The van der Waals surface area contributed by atoms with Crippen LogP contribution in [0.4, 0.5) is 0 Å². The molecule has 5 heteroatoms. The van der Waals surface area contributed by atoms with Gasteiger partial charge in [-0.2, -0.15) is 0 Å². The summed E-state index contributed by atoms with van der Waals surface area (Å²) >= 11 is 0. The first-order valence-electron chi connectivity index (χ1n) is 7.18. The van der Waals surface area contributed by atoms with Crippen LogP contribution in [-0.4, -0.2) is 57.6 Å². The standard InChI is InChI=1S/C16H25NO4/c1-10-8-17(2)9-12(18)15(10)16-13(20-4)6-11(19-3)7-14(16)21-5/h6-7,10,12,15,18H,8-9H2,1-5H3/t10-,12-,15+/m1/s1. The van der Waals surface area contributed by atoms with Crippen molar-refractivity contribution in [2.45, 2.75) is 18.9 Å². The summed E-state index contributed by atoms with van der Waals surface area (Å²) in [6, 6.07) is 3.69. The largest absolute Gasteiger partial charge is 0.496 e. The lowest BCUT2D eigenvalue weighted by molar-refractivity contribution is 0.0332. The molecule has 2 rings (SSSR count). The number of benzene rings is 1. The lowest BCUT2D eigenvalue weighted by Crippen LogP contribution is -2.45. The third kappa shape index (κ3) is 3.09. The molecule has 1 aromatic rings. The lowest BCUT2D eigenvalue weighted by Gasteiger charge is -2.39. The van der Waals surface area contributed by atoms with Gasteiger partial charge in [0.05, 0.1) is 27.4 Å². The van der Waals surface area contributed by atoms with Crippen LogP contribution < -0.4 is 14.2 Å². The van der Waals surface area contributed by atoms with Gasteiger partial charge in [0.2, 0.25) is 0 Å². The molecule has 1 aromatic carbocycles. The van der Waals surface area contributed by atoms with Gasteiger partial charge in [-0.05, 0) is 13.0 Å². The third-order valence-electron chi connectivity index (χ3n) is 4.21. The number of likely N-dealkylation sites (N-methyl/N-ethyl adjacent to an activating group) is 1. The monoisotopic (exact) mass is 295 g/mol. The van der Waals surface area contributed by atoms with Gasteiger partial charge in [0.25, 0.3) is 0 Å². The first-order chi connectivity index (χ1) is 10.0. The van der Waals surface area contributed by atoms with Gasteiger partial charge < -0.3 is 24.2 Å². The Morgan fingerprint density at radius 2 is 1.62 bits per heavy atom. The Bertz CT molecular complexity index is 454. The van der Waals surface area contributed by atoms with E-state index < -0.39 is 6.10 Å². The van der Waals surface area contributed by atoms with Gasteiger partial charge in [0.15, 0.2) is 0 Å². The van der Waals surface area contributed by atoms with Crippen molar-refractivity contribution in [1.29, 1.82) is 0 Å². The quantitative estimate of drug-likeness (QED) is 0.917. The Morgan fingerprint density at radius 3 is 2.05 bits per heavy atom. The molecule has 1 fully saturated rings. The number of ether oxygens (including phenoxy) is 3. The van der Waals surface area contributed by atoms with E-state index in [1.165, 1.54) is 0 Å². The molecule has 3 atom stereocenters. The number of hydrogen-bond acceptors (Lipinski definition) is 5. The minimum Gasteiger partial charge on any atom is -0.496 e. The molecule has 0 bridgehead atoms. The molecular formula is C16H25NO4. The third-order valence-corrected chi connectivity index (χ3v) is 4.21. The smallest absolute Gasteiger partial charge is 0.129 e. The summed E-state index contributed by atoms with van der Waals surface area (Å²) < 4.78 is 16.3. The van der Waals surface area contributed by atoms with Crippen molar-refractivity contribution >= 4 is 0 Å². The first-order valence-corrected chi connectivity index (χ1v) is 7.18. The van der Waals surface area contributed by atoms with Crippen LogP contribution in [0.1, 0.15) is 18.4 Å². The van der Waals surface area contributed by atoms with Crippen molar-refractivity contribution < 1.29 is 19.3 Å². The minimum atomic E-state index is -0.449. The number of aliphatic hydroxyl groups excluding tert-OH is 1. The number of methoxy groups -OCH3 is 3. The number of rotatable bonds is 4. The van der Waals surface area contributed by atoms with Crippen molar-refractivity contribution in [3.05, 3.63) is 17.7 Å². The van der Waals surface area contributed by atoms with Gasteiger partial charge in [0.1, 0.15) is 17.2 Å². The predicted molar refractivity (Wildman–Crippen MR) is 81.5 cm³/mol. The van der Waals surface area contributed by atoms with E-state index >= 15 is 0 Å². The zero-order chi connectivity index (χ0) is 15.6. The van der Waals surface area contributed by atoms with Gasteiger partial charge >= 0.3 is 0 Å². The van der Waals surface area contributed by atoms with E-state index in [1.807, 2.05) is 19.2 Å². The van der Waals surface area contributed by atoms with Crippen molar-refractivity contribution in [2.75, 3.05) is 41.5 Å². The molecule has 0 amide bonds. The summed E-state index contributed by atoms with van der Waals surface area (Å²) in [5.74, 6) is 2.37. The van der Waals surface area contributed by atoms with E-state index in [9.17, 15) is 5.11 Å². The SMILES string of the molecule is COc1cc(OC)c([C@H]2[C@H](C)CN(C)C[C@H]2O)c(OC)c1. The van der Waals surface area contributed by atoms with Crippen molar-refractivity contribution in [3.63, 3.8) is 0 Å². The summed E-state index contributed by atoms with van der Waals surface area (Å²) in [5.41, 5.74) is 0.925. The maximum Gasteiger partial charge on any atom is 0.129 e. The minimum absolute atomic E-state index is 0.0167. The fourth-order valence-corrected chi connectivity index (χ4v) is 3.33. The highest BCUT2D eigenvalue weighted by atomic mass is 16.5. The van der Waals surface area contributed by atoms with Crippen molar-refractivity contribution in [3.8, 4) is 17.2 Å². The average Bonchev–Trinajstić information content (AvgIpc) is 2.45. The zero-order valence-electron chi connectivity index (χ0n) is 13.4. The summed E-state index contributed by atoms with van der Waals surface area (Å²) in [6.07, 6.45) is -0.449. The van der Waals surface area contributed by atoms with Crippen LogP contribution in [-0.2, 0) is 0 Å². The highest BCUT2D eigenvalue weighted by Crippen LogP contribution is 2.44. The van der Waals surface area contributed by atoms with Gasteiger partial charge in [0, 0.05) is 36.7 Å². The van der Waals surface area contributed by atoms with Crippen LogP contribution in [0.2, 0.25) is 0 Å². The molecule has 1 heterocycles. The number of piperidine rings is 1. The highest BCUT2D eigenvalue weighted by Gasteiger charge is 2.37. The van der Waals surface area contributed by atoms with E-state index in [2.05, 4.69) is 11.8 Å². The van der Waals surface area contributed by atoms with Crippen LogP contribution in [0.15, 0.2) is 12.1 Å². The van der Waals surface area contributed by atoms with Crippen LogP contribution in [0.3, 0.4) is 0 Å². The van der Waals surface area contributed by atoms with Crippen LogP contribution in [0, 0.1) is 5.92 Å². The Hall–Kier alpha value is -1.46. The molecule has 0 saturated carbocycles. The molecule has 5 nitrogen and oxygen atoms in total. The first kappa shape index (κ1) is 15.9.